The van der Waals surface area contributed by atoms with Crippen LogP contribution in [0.1, 0.15) is 15.2 Å². The number of thiophene rings is 1. The average Bonchev–Trinajstić information content (AvgIpc) is 2.97. The zero-order chi connectivity index (χ0) is 16.3. The fourth-order valence-corrected chi connectivity index (χ4v) is 3.24. The van der Waals surface area contributed by atoms with Crippen LogP contribution in [0, 0.1) is 0 Å². The van der Waals surface area contributed by atoms with Crippen molar-refractivity contribution in [1.29, 1.82) is 0 Å². The second-order valence-electron chi connectivity index (χ2n) is 4.65. The molecule has 1 heterocycles. The lowest BCUT2D eigenvalue weighted by Gasteiger charge is -2.18. The Balaban J connectivity index is 2.34. The van der Waals surface area contributed by atoms with Gasteiger partial charge >= 0.3 is 0 Å². The SMILES string of the molecule is COc1ccc(S(N)(=O)=O)cc1C(=O)N(C)Cc1cccs1. The fourth-order valence-electron chi connectivity index (χ4n) is 1.94. The number of carbonyl (C=O) groups excluding carboxylic acids is 1. The van der Waals surface area contributed by atoms with E-state index < -0.39 is 10.0 Å². The number of nitrogens with two attached hydrogens (primary N) is 1. The molecule has 0 aliphatic heterocycles. The van der Waals surface area contributed by atoms with Crippen molar-refractivity contribution in [1.82, 2.24) is 4.90 Å². The summed E-state index contributed by atoms with van der Waals surface area (Å²) in [6, 6.07) is 7.80. The largest absolute Gasteiger partial charge is 0.496 e. The van der Waals surface area contributed by atoms with Crippen LogP contribution in [0.5, 0.6) is 5.75 Å². The van der Waals surface area contributed by atoms with Gasteiger partial charge in [-0.3, -0.25) is 4.79 Å². The second kappa shape index (κ2) is 6.47. The smallest absolute Gasteiger partial charge is 0.257 e. The van der Waals surface area contributed by atoms with Crippen LogP contribution >= 0.6 is 11.3 Å². The van der Waals surface area contributed by atoms with Crippen molar-refractivity contribution in [2.24, 2.45) is 5.14 Å². The second-order valence-corrected chi connectivity index (χ2v) is 7.24. The van der Waals surface area contributed by atoms with E-state index in [0.717, 1.165) is 4.88 Å². The van der Waals surface area contributed by atoms with E-state index in [1.54, 1.807) is 18.4 Å². The lowest BCUT2D eigenvalue weighted by atomic mass is 10.1. The molecule has 0 saturated carbocycles. The quantitative estimate of drug-likeness (QED) is 0.896. The first-order chi connectivity index (χ1) is 10.3. The number of amides is 1. The number of hydrogen-bond acceptors (Lipinski definition) is 5. The van der Waals surface area contributed by atoms with E-state index in [4.69, 9.17) is 9.88 Å². The van der Waals surface area contributed by atoms with E-state index in [1.807, 2.05) is 17.5 Å². The molecule has 1 amide bonds. The van der Waals surface area contributed by atoms with E-state index in [9.17, 15) is 13.2 Å². The van der Waals surface area contributed by atoms with E-state index in [2.05, 4.69) is 0 Å². The lowest BCUT2D eigenvalue weighted by molar-refractivity contribution is 0.0783. The molecular weight excluding hydrogens is 324 g/mol. The number of hydrogen-bond donors (Lipinski definition) is 1. The number of methoxy groups -OCH3 is 1. The highest BCUT2D eigenvalue weighted by Gasteiger charge is 2.20. The molecule has 0 fully saturated rings. The van der Waals surface area contributed by atoms with E-state index in [-0.39, 0.29) is 16.4 Å². The zero-order valence-corrected chi connectivity index (χ0v) is 13.8. The predicted molar refractivity (Wildman–Crippen MR) is 84.5 cm³/mol. The van der Waals surface area contributed by atoms with Gasteiger partial charge < -0.3 is 9.64 Å². The zero-order valence-electron chi connectivity index (χ0n) is 12.1. The first-order valence-electron chi connectivity index (χ1n) is 6.31. The summed E-state index contributed by atoms with van der Waals surface area (Å²) in [4.78, 5) is 14.9. The summed E-state index contributed by atoms with van der Waals surface area (Å²) in [6.45, 7) is 0.430. The van der Waals surface area contributed by atoms with E-state index in [1.165, 1.54) is 30.2 Å². The Bertz CT molecular complexity index is 770. The number of benzene rings is 1. The van der Waals surface area contributed by atoms with Crippen LogP contribution in [0.2, 0.25) is 0 Å². The fraction of sp³-hybridized carbons (Fsp3) is 0.214. The molecule has 2 N–H and O–H groups in total. The number of rotatable bonds is 5. The minimum absolute atomic E-state index is 0.124. The molecule has 2 aromatic rings. The topological polar surface area (TPSA) is 89.7 Å². The molecule has 0 unspecified atom stereocenters. The highest BCUT2D eigenvalue weighted by atomic mass is 32.2. The number of sulfonamides is 1. The van der Waals surface area contributed by atoms with Gasteiger partial charge in [-0.2, -0.15) is 0 Å². The van der Waals surface area contributed by atoms with Crippen molar-refractivity contribution >= 4 is 27.3 Å². The van der Waals surface area contributed by atoms with Gasteiger partial charge in [-0.1, -0.05) is 6.07 Å². The van der Waals surface area contributed by atoms with Crippen molar-refractivity contribution in [2.45, 2.75) is 11.4 Å². The Hall–Kier alpha value is -1.90. The summed E-state index contributed by atoms with van der Waals surface area (Å²) in [5, 5.41) is 7.04. The molecule has 6 nitrogen and oxygen atoms in total. The third-order valence-electron chi connectivity index (χ3n) is 3.05. The first-order valence-corrected chi connectivity index (χ1v) is 8.74. The molecule has 0 spiro atoms. The van der Waals surface area contributed by atoms with Crippen molar-refractivity contribution < 1.29 is 17.9 Å². The Morgan fingerprint density at radius 2 is 2.09 bits per heavy atom. The molecule has 0 aliphatic rings. The van der Waals surface area contributed by atoms with Crippen LogP contribution in [-0.2, 0) is 16.6 Å². The van der Waals surface area contributed by atoms with Crippen LogP contribution in [0.4, 0.5) is 0 Å². The maximum absolute atomic E-state index is 12.5. The number of nitrogens with zero attached hydrogens (tertiary/aromatic N) is 1. The summed E-state index contributed by atoms with van der Waals surface area (Å²) < 4.78 is 28.0. The first kappa shape index (κ1) is 16.5. The van der Waals surface area contributed by atoms with Crippen LogP contribution in [0.3, 0.4) is 0 Å². The molecule has 0 aliphatic carbocycles. The molecule has 1 aromatic heterocycles. The third kappa shape index (κ3) is 3.65. The van der Waals surface area contributed by atoms with Crippen molar-refractivity contribution in [3.05, 3.63) is 46.2 Å². The Morgan fingerprint density at radius 1 is 1.36 bits per heavy atom. The number of ether oxygens (including phenoxy) is 1. The summed E-state index contributed by atoms with van der Waals surface area (Å²) in [5.41, 5.74) is 0.160. The summed E-state index contributed by atoms with van der Waals surface area (Å²) in [7, 11) is -0.821. The van der Waals surface area contributed by atoms with Crippen LogP contribution < -0.4 is 9.88 Å². The van der Waals surface area contributed by atoms with Crippen molar-refractivity contribution in [2.75, 3.05) is 14.2 Å². The van der Waals surface area contributed by atoms with Gasteiger partial charge in [0.05, 0.1) is 24.1 Å². The predicted octanol–water partition coefficient (Wildman–Crippen LogP) is 1.68. The van der Waals surface area contributed by atoms with Crippen molar-refractivity contribution in [3.63, 3.8) is 0 Å². The molecule has 8 heteroatoms. The van der Waals surface area contributed by atoms with Crippen LogP contribution in [0.25, 0.3) is 0 Å². The molecular formula is C14H16N2O4S2. The monoisotopic (exact) mass is 340 g/mol. The van der Waals surface area contributed by atoms with E-state index >= 15 is 0 Å². The van der Waals surface area contributed by atoms with Crippen LogP contribution in [0.15, 0.2) is 40.6 Å². The van der Waals surface area contributed by atoms with Gasteiger partial charge in [0.15, 0.2) is 0 Å². The van der Waals surface area contributed by atoms with Gasteiger partial charge in [0.2, 0.25) is 10.0 Å². The van der Waals surface area contributed by atoms with Crippen molar-refractivity contribution in [3.8, 4) is 5.75 Å². The van der Waals surface area contributed by atoms with Gasteiger partial charge in [0, 0.05) is 11.9 Å². The maximum atomic E-state index is 12.5. The summed E-state index contributed by atoms with van der Waals surface area (Å²) in [6.07, 6.45) is 0. The minimum Gasteiger partial charge on any atom is -0.496 e. The van der Waals surface area contributed by atoms with Gasteiger partial charge in [0.25, 0.3) is 5.91 Å². The third-order valence-corrected chi connectivity index (χ3v) is 4.82. The minimum atomic E-state index is -3.88. The molecule has 0 saturated heterocycles. The van der Waals surface area contributed by atoms with Gasteiger partial charge in [0.1, 0.15) is 5.75 Å². The molecule has 0 radical (unpaired) electrons. The molecule has 118 valence electrons. The standard InChI is InChI=1S/C14H16N2O4S2/c1-16(9-10-4-3-7-21-10)14(17)12-8-11(22(15,18)19)5-6-13(12)20-2/h3-8H,9H2,1-2H3,(H2,15,18,19). The molecule has 2 rings (SSSR count). The molecule has 22 heavy (non-hydrogen) atoms. The summed E-state index contributed by atoms with van der Waals surface area (Å²) >= 11 is 1.54. The lowest BCUT2D eigenvalue weighted by Crippen LogP contribution is -2.26. The highest BCUT2D eigenvalue weighted by Crippen LogP contribution is 2.24. The molecule has 1 aromatic carbocycles. The normalized spacial score (nSPS) is 11.2. The summed E-state index contributed by atoms with van der Waals surface area (Å²) in [5.74, 6) is -0.0359. The Morgan fingerprint density at radius 3 is 2.64 bits per heavy atom. The van der Waals surface area contributed by atoms with Gasteiger partial charge in [-0.05, 0) is 29.6 Å². The number of primary sulfonamides is 1. The Kier molecular flexibility index (Phi) is 4.84. The maximum Gasteiger partial charge on any atom is 0.257 e. The van der Waals surface area contributed by atoms with Gasteiger partial charge in [-0.15, -0.1) is 11.3 Å². The highest BCUT2D eigenvalue weighted by molar-refractivity contribution is 7.89. The Labute approximate surface area is 133 Å². The molecule has 0 atom stereocenters. The van der Waals surface area contributed by atoms with Gasteiger partial charge in [-0.25, -0.2) is 13.6 Å². The van der Waals surface area contributed by atoms with Crippen LogP contribution in [-0.4, -0.2) is 33.4 Å². The number of carbonyl (C=O) groups is 1. The van der Waals surface area contributed by atoms with E-state index in [0.29, 0.717) is 12.3 Å². The average molecular weight is 340 g/mol. The molecule has 0 bridgehead atoms.